The van der Waals surface area contributed by atoms with E-state index in [1.54, 1.807) is 38.1 Å². The molecule has 1 rings (SSSR count). The van der Waals surface area contributed by atoms with Crippen molar-refractivity contribution >= 4 is 17.4 Å². The third-order valence-electron chi connectivity index (χ3n) is 2.20. The second-order valence-electron chi connectivity index (χ2n) is 3.64. The van der Waals surface area contributed by atoms with E-state index in [1.807, 2.05) is 6.07 Å². The first-order chi connectivity index (χ1) is 7.07. The van der Waals surface area contributed by atoms with E-state index in [1.165, 1.54) is 0 Å². The van der Waals surface area contributed by atoms with E-state index < -0.39 is 5.92 Å². The molecule has 2 nitrogen and oxygen atoms in total. The Morgan fingerprint density at radius 1 is 1.40 bits per heavy atom. The van der Waals surface area contributed by atoms with Crippen LogP contribution >= 0.6 is 11.6 Å². The lowest BCUT2D eigenvalue weighted by molar-refractivity contribution is -0.122. The van der Waals surface area contributed by atoms with Gasteiger partial charge in [0.2, 0.25) is 0 Å². The Morgan fingerprint density at radius 2 is 2.00 bits per heavy atom. The summed E-state index contributed by atoms with van der Waals surface area (Å²) in [7, 11) is 0. The summed E-state index contributed by atoms with van der Waals surface area (Å²) in [6.07, 6.45) is 0. The lowest BCUT2D eigenvalue weighted by Crippen LogP contribution is -2.16. The second kappa shape index (κ2) is 4.95. The van der Waals surface area contributed by atoms with E-state index in [0.717, 1.165) is 0 Å². The van der Waals surface area contributed by atoms with Crippen molar-refractivity contribution in [3.05, 3.63) is 34.9 Å². The maximum absolute atomic E-state index is 11.7. The van der Waals surface area contributed by atoms with Gasteiger partial charge in [-0.15, -0.1) is 0 Å². The molecule has 78 valence electrons. The van der Waals surface area contributed by atoms with E-state index in [-0.39, 0.29) is 11.7 Å². The minimum absolute atomic E-state index is 0.0920. The molecule has 0 bridgehead atoms. The van der Waals surface area contributed by atoms with Crippen molar-refractivity contribution < 1.29 is 4.79 Å². The Morgan fingerprint density at radius 3 is 2.47 bits per heavy atom. The molecule has 0 unspecified atom stereocenters. The molecule has 0 heterocycles. The van der Waals surface area contributed by atoms with E-state index in [0.29, 0.717) is 10.6 Å². The number of halogens is 1. The zero-order valence-electron chi connectivity index (χ0n) is 8.70. The monoisotopic (exact) mass is 221 g/mol. The lowest BCUT2D eigenvalue weighted by Gasteiger charge is -2.12. The van der Waals surface area contributed by atoms with Gasteiger partial charge in [-0.3, -0.25) is 4.79 Å². The Bertz CT molecular complexity index is 406. The largest absolute Gasteiger partial charge is 0.298 e. The van der Waals surface area contributed by atoms with Gasteiger partial charge in [0.1, 0.15) is 5.92 Å². The molecule has 0 spiro atoms. The smallest absolute Gasteiger partial charge is 0.157 e. The number of benzene rings is 1. The maximum Gasteiger partial charge on any atom is 0.157 e. The normalized spacial score (nSPS) is 12.2. The summed E-state index contributed by atoms with van der Waals surface area (Å²) < 4.78 is 0. The van der Waals surface area contributed by atoms with Crippen LogP contribution in [-0.2, 0) is 4.79 Å². The van der Waals surface area contributed by atoms with E-state index in [4.69, 9.17) is 16.9 Å². The zero-order chi connectivity index (χ0) is 11.4. The van der Waals surface area contributed by atoms with Gasteiger partial charge in [-0.25, -0.2) is 0 Å². The molecule has 0 aromatic heterocycles. The first-order valence-electron chi connectivity index (χ1n) is 4.75. The predicted octanol–water partition coefficient (Wildman–Crippen LogP) is 3.17. The number of hydrogen-bond donors (Lipinski definition) is 0. The Hall–Kier alpha value is -1.33. The number of Topliss-reactive ketones (excluding diaryl/α,β-unsaturated/α-hetero) is 1. The highest BCUT2D eigenvalue weighted by atomic mass is 35.5. The molecule has 0 N–H and O–H groups in total. The molecule has 0 saturated heterocycles. The van der Waals surface area contributed by atoms with Gasteiger partial charge in [0.05, 0.1) is 6.07 Å². The molecule has 15 heavy (non-hydrogen) atoms. The number of hydrogen-bond acceptors (Lipinski definition) is 2. The van der Waals surface area contributed by atoms with Crippen LogP contribution in [-0.4, -0.2) is 5.78 Å². The number of rotatable bonds is 3. The fraction of sp³-hybridized carbons (Fsp3) is 0.333. The minimum Gasteiger partial charge on any atom is -0.298 e. The topological polar surface area (TPSA) is 40.9 Å². The number of nitrogens with zero attached hydrogens (tertiary/aromatic N) is 1. The van der Waals surface area contributed by atoms with Crippen molar-refractivity contribution in [2.45, 2.75) is 19.8 Å². The third-order valence-corrected chi connectivity index (χ3v) is 2.54. The molecular formula is C12H12ClNO. The summed E-state index contributed by atoms with van der Waals surface area (Å²) >= 11 is 5.94. The molecule has 1 atom stereocenters. The summed E-state index contributed by atoms with van der Waals surface area (Å²) in [5.74, 6) is -1.00. The molecule has 3 heteroatoms. The van der Waals surface area contributed by atoms with Gasteiger partial charge in [0.25, 0.3) is 0 Å². The fourth-order valence-corrected chi connectivity index (χ4v) is 1.57. The summed E-state index contributed by atoms with van der Waals surface area (Å²) in [6, 6.07) is 8.97. The highest BCUT2D eigenvalue weighted by Crippen LogP contribution is 2.26. The summed E-state index contributed by atoms with van der Waals surface area (Å²) in [5.41, 5.74) is 0.598. The van der Waals surface area contributed by atoms with E-state index in [2.05, 4.69) is 0 Å². The van der Waals surface area contributed by atoms with Crippen LogP contribution in [0, 0.1) is 17.2 Å². The first-order valence-corrected chi connectivity index (χ1v) is 5.13. The van der Waals surface area contributed by atoms with Gasteiger partial charge < -0.3 is 0 Å². The van der Waals surface area contributed by atoms with E-state index in [9.17, 15) is 4.79 Å². The highest BCUT2D eigenvalue weighted by Gasteiger charge is 2.24. The van der Waals surface area contributed by atoms with Crippen LogP contribution in [0.3, 0.4) is 0 Å². The predicted molar refractivity (Wildman–Crippen MR) is 59.7 cm³/mol. The highest BCUT2D eigenvalue weighted by molar-refractivity contribution is 6.31. The van der Waals surface area contributed by atoms with Crippen LogP contribution in [0.25, 0.3) is 0 Å². The minimum atomic E-state index is -0.751. The van der Waals surface area contributed by atoms with Crippen molar-refractivity contribution in [2.75, 3.05) is 0 Å². The van der Waals surface area contributed by atoms with Crippen LogP contribution in [0.1, 0.15) is 25.3 Å². The van der Waals surface area contributed by atoms with Crippen LogP contribution in [0.15, 0.2) is 24.3 Å². The molecular weight excluding hydrogens is 210 g/mol. The van der Waals surface area contributed by atoms with Crippen molar-refractivity contribution in [3.8, 4) is 6.07 Å². The Balaban J connectivity index is 3.10. The molecule has 0 saturated carbocycles. The summed E-state index contributed by atoms with van der Waals surface area (Å²) in [4.78, 5) is 11.7. The van der Waals surface area contributed by atoms with Crippen LogP contribution < -0.4 is 0 Å². The van der Waals surface area contributed by atoms with Gasteiger partial charge in [-0.1, -0.05) is 43.6 Å². The second-order valence-corrected chi connectivity index (χ2v) is 4.05. The number of carbonyl (C=O) groups excluding carboxylic acids is 1. The van der Waals surface area contributed by atoms with Crippen LogP contribution in [0.4, 0.5) is 0 Å². The van der Waals surface area contributed by atoms with Crippen molar-refractivity contribution in [2.24, 2.45) is 5.92 Å². The SMILES string of the molecule is CC(C)C(=O)[C@@H](C#N)c1ccccc1Cl. The molecule has 0 aliphatic heterocycles. The number of ketones is 1. The first kappa shape index (κ1) is 11.7. The third kappa shape index (κ3) is 2.57. The van der Waals surface area contributed by atoms with Crippen LogP contribution in [0.5, 0.6) is 0 Å². The maximum atomic E-state index is 11.7. The Kier molecular flexibility index (Phi) is 3.88. The van der Waals surface area contributed by atoms with Crippen molar-refractivity contribution in [3.63, 3.8) is 0 Å². The van der Waals surface area contributed by atoms with E-state index >= 15 is 0 Å². The van der Waals surface area contributed by atoms with Crippen molar-refractivity contribution in [1.82, 2.24) is 0 Å². The molecule has 0 fully saturated rings. The molecule has 0 aliphatic rings. The fourth-order valence-electron chi connectivity index (χ4n) is 1.33. The average molecular weight is 222 g/mol. The number of nitriles is 1. The summed E-state index contributed by atoms with van der Waals surface area (Å²) in [5, 5.41) is 9.46. The van der Waals surface area contributed by atoms with Gasteiger partial charge in [0, 0.05) is 10.9 Å². The van der Waals surface area contributed by atoms with Gasteiger partial charge in [-0.2, -0.15) is 5.26 Å². The lowest BCUT2D eigenvalue weighted by atomic mass is 9.90. The molecule has 0 amide bonds. The Labute approximate surface area is 94.5 Å². The molecule has 1 aromatic rings. The molecule has 1 aromatic carbocycles. The zero-order valence-corrected chi connectivity index (χ0v) is 9.45. The number of carbonyl (C=O) groups is 1. The molecule has 0 aliphatic carbocycles. The quantitative estimate of drug-likeness (QED) is 0.787. The van der Waals surface area contributed by atoms with Gasteiger partial charge in [-0.05, 0) is 11.6 Å². The van der Waals surface area contributed by atoms with Crippen molar-refractivity contribution in [1.29, 1.82) is 5.26 Å². The van der Waals surface area contributed by atoms with Crippen LogP contribution in [0.2, 0.25) is 5.02 Å². The molecule has 0 radical (unpaired) electrons. The van der Waals surface area contributed by atoms with Gasteiger partial charge >= 0.3 is 0 Å². The average Bonchev–Trinajstić information content (AvgIpc) is 2.21. The summed E-state index contributed by atoms with van der Waals surface area (Å²) in [6.45, 7) is 3.56. The van der Waals surface area contributed by atoms with Gasteiger partial charge in [0.15, 0.2) is 5.78 Å². The standard InChI is InChI=1S/C12H12ClNO/c1-8(2)12(15)10(7-14)9-5-3-4-6-11(9)13/h3-6,8,10H,1-2H3/t10-/m0/s1.